The first-order valence-corrected chi connectivity index (χ1v) is 8.84. The Hall–Kier alpha value is -2.07. The van der Waals surface area contributed by atoms with E-state index in [4.69, 9.17) is 16.3 Å². The van der Waals surface area contributed by atoms with E-state index in [0.717, 1.165) is 0 Å². The summed E-state index contributed by atoms with van der Waals surface area (Å²) < 4.78 is 43.5. The van der Waals surface area contributed by atoms with Gasteiger partial charge in [0.05, 0.1) is 23.2 Å². The van der Waals surface area contributed by atoms with Crippen LogP contribution in [-0.2, 0) is 10.9 Å². The predicted octanol–water partition coefficient (Wildman–Crippen LogP) is 2.81. The summed E-state index contributed by atoms with van der Waals surface area (Å²) in [7, 11) is 0. The smallest absolute Gasteiger partial charge is 0.417 e. The average Bonchev–Trinajstić information content (AvgIpc) is 2.58. The van der Waals surface area contributed by atoms with Crippen molar-refractivity contribution < 1.29 is 32.6 Å². The Bertz CT molecular complexity index is 752. The van der Waals surface area contributed by atoms with Gasteiger partial charge in [0.2, 0.25) is 0 Å². The molecule has 1 N–H and O–H groups in total. The van der Waals surface area contributed by atoms with Gasteiger partial charge >= 0.3 is 12.3 Å². The SMILES string of the molecule is CC(C)(C)OC(=O)N1CCN(C(=O)c2ncc(C(F)(F)F)cc2Cl)[C@H](CO)C1. The van der Waals surface area contributed by atoms with Crippen molar-refractivity contribution in [3.63, 3.8) is 0 Å². The lowest BCUT2D eigenvalue weighted by atomic mass is 10.1. The monoisotopic (exact) mass is 423 g/mol. The van der Waals surface area contributed by atoms with Crippen molar-refractivity contribution in [3.8, 4) is 0 Å². The number of aromatic nitrogens is 1. The van der Waals surface area contributed by atoms with Crippen LogP contribution in [0.5, 0.6) is 0 Å². The van der Waals surface area contributed by atoms with Gasteiger partial charge in [-0.25, -0.2) is 9.78 Å². The molecular weight excluding hydrogens is 403 g/mol. The topological polar surface area (TPSA) is 83.0 Å². The molecule has 1 atom stereocenters. The van der Waals surface area contributed by atoms with Gasteiger partial charge < -0.3 is 19.6 Å². The van der Waals surface area contributed by atoms with Crippen LogP contribution in [0.1, 0.15) is 36.8 Å². The van der Waals surface area contributed by atoms with Crippen molar-refractivity contribution in [2.45, 2.75) is 38.6 Å². The molecule has 0 bridgehead atoms. The minimum absolute atomic E-state index is 0.00933. The molecule has 156 valence electrons. The molecule has 1 aliphatic heterocycles. The Morgan fingerprint density at radius 2 is 1.96 bits per heavy atom. The second kappa shape index (κ2) is 8.12. The number of pyridine rings is 1. The van der Waals surface area contributed by atoms with Crippen LogP contribution in [0.4, 0.5) is 18.0 Å². The number of nitrogens with zero attached hydrogens (tertiary/aromatic N) is 3. The number of hydrogen-bond acceptors (Lipinski definition) is 5. The van der Waals surface area contributed by atoms with Gasteiger partial charge in [-0.2, -0.15) is 13.2 Å². The molecule has 11 heteroatoms. The summed E-state index contributed by atoms with van der Waals surface area (Å²) in [6.07, 6.45) is -4.68. The molecule has 0 aliphatic carbocycles. The average molecular weight is 424 g/mol. The number of ether oxygens (including phenoxy) is 1. The molecule has 0 unspecified atom stereocenters. The van der Waals surface area contributed by atoms with Crippen molar-refractivity contribution in [1.29, 1.82) is 0 Å². The second-order valence-corrected chi connectivity index (χ2v) is 7.72. The van der Waals surface area contributed by atoms with Crippen LogP contribution in [0.25, 0.3) is 0 Å². The molecule has 1 aliphatic rings. The van der Waals surface area contributed by atoms with Gasteiger partial charge in [-0.15, -0.1) is 0 Å². The van der Waals surface area contributed by atoms with Gasteiger partial charge in [0, 0.05) is 25.8 Å². The molecule has 0 saturated carbocycles. The van der Waals surface area contributed by atoms with E-state index < -0.39 is 47.0 Å². The van der Waals surface area contributed by atoms with Crippen molar-refractivity contribution in [1.82, 2.24) is 14.8 Å². The first-order valence-electron chi connectivity index (χ1n) is 8.46. The van der Waals surface area contributed by atoms with E-state index in [9.17, 15) is 27.9 Å². The molecule has 0 radical (unpaired) electrons. The number of carbonyl (C=O) groups excluding carboxylic acids is 2. The quantitative estimate of drug-likeness (QED) is 0.791. The van der Waals surface area contributed by atoms with E-state index in [1.807, 2.05) is 0 Å². The lowest BCUT2D eigenvalue weighted by Crippen LogP contribution is -2.58. The van der Waals surface area contributed by atoms with E-state index in [-0.39, 0.29) is 25.3 Å². The third-order valence-electron chi connectivity index (χ3n) is 3.98. The number of rotatable bonds is 2. The van der Waals surface area contributed by atoms with Crippen LogP contribution in [0.15, 0.2) is 12.3 Å². The largest absolute Gasteiger partial charge is 0.444 e. The fraction of sp³-hybridized carbons (Fsp3) is 0.588. The highest BCUT2D eigenvalue weighted by atomic mass is 35.5. The maximum Gasteiger partial charge on any atom is 0.417 e. The van der Waals surface area contributed by atoms with Gasteiger partial charge in [0.25, 0.3) is 5.91 Å². The summed E-state index contributed by atoms with van der Waals surface area (Å²) >= 11 is 5.84. The number of piperazine rings is 1. The summed E-state index contributed by atoms with van der Waals surface area (Å²) in [5, 5.41) is 9.20. The fourth-order valence-electron chi connectivity index (χ4n) is 2.66. The first kappa shape index (κ1) is 22.2. The van der Waals surface area contributed by atoms with Gasteiger partial charge in [0.1, 0.15) is 11.3 Å². The highest BCUT2D eigenvalue weighted by Gasteiger charge is 2.37. The predicted molar refractivity (Wildman–Crippen MR) is 94.0 cm³/mol. The van der Waals surface area contributed by atoms with E-state index >= 15 is 0 Å². The third-order valence-corrected chi connectivity index (χ3v) is 4.27. The molecular formula is C17H21ClF3N3O4. The number of aliphatic hydroxyl groups excluding tert-OH is 1. The van der Waals surface area contributed by atoms with Crippen molar-refractivity contribution in [3.05, 3.63) is 28.5 Å². The number of halogens is 4. The summed E-state index contributed by atoms with van der Waals surface area (Å²) in [4.78, 5) is 31.1. The van der Waals surface area contributed by atoms with Gasteiger partial charge in [0.15, 0.2) is 0 Å². The summed E-state index contributed by atoms with van der Waals surface area (Å²) in [6.45, 7) is 4.88. The zero-order chi connectivity index (χ0) is 21.3. The van der Waals surface area contributed by atoms with Crippen molar-refractivity contribution in [2.75, 3.05) is 26.2 Å². The Kier molecular flexibility index (Phi) is 6.44. The molecule has 1 aromatic heterocycles. The van der Waals surface area contributed by atoms with E-state index in [1.54, 1.807) is 20.8 Å². The minimum Gasteiger partial charge on any atom is -0.444 e. The van der Waals surface area contributed by atoms with Gasteiger partial charge in [-0.3, -0.25) is 4.79 Å². The zero-order valence-corrected chi connectivity index (χ0v) is 16.3. The lowest BCUT2D eigenvalue weighted by molar-refractivity contribution is -0.137. The fourth-order valence-corrected chi connectivity index (χ4v) is 2.90. The molecule has 7 nitrogen and oxygen atoms in total. The normalized spacial score (nSPS) is 18.2. The van der Waals surface area contributed by atoms with Crippen LogP contribution in [-0.4, -0.2) is 69.8 Å². The van der Waals surface area contributed by atoms with Gasteiger partial charge in [-0.1, -0.05) is 11.6 Å². The Morgan fingerprint density at radius 1 is 1.32 bits per heavy atom. The molecule has 0 aromatic carbocycles. The Labute approximate surface area is 165 Å². The molecule has 1 fully saturated rings. The van der Waals surface area contributed by atoms with E-state index in [2.05, 4.69) is 4.98 Å². The zero-order valence-electron chi connectivity index (χ0n) is 15.6. The van der Waals surface area contributed by atoms with Crippen LogP contribution in [0.3, 0.4) is 0 Å². The maximum absolute atomic E-state index is 12.7. The van der Waals surface area contributed by atoms with Crippen LogP contribution in [0, 0.1) is 0 Å². The molecule has 28 heavy (non-hydrogen) atoms. The lowest BCUT2D eigenvalue weighted by Gasteiger charge is -2.40. The Balaban J connectivity index is 2.16. The number of amides is 2. The molecule has 0 spiro atoms. The van der Waals surface area contributed by atoms with E-state index in [0.29, 0.717) is 12.3 Å². The molecule has 2 heterocycles. The highest BCUT2D eigenvalue weighted by molar-refractivity contribution is 6.33. The van der Waals surface area contributed by atoms with Crippen LogP contribution in [0.2, 0.25) is 5.02 Å². The number of aliphatic hydroxyl groups is 1. The number of carbonyl (C=O) groups is 2. The molecule has 1 aromatic rings. The summed E-state index contributed by atoms with van der Waals surface area (Å²) in [5.74, 6) is -0.721. The summed E-state index contributed by atoms with van der Waals surface area (Å²) in [6, 6.07) is -0.138. The molecule has 2 amide bonds. The maximum atomic E-state index is 12.7. The first-order chi connectivity index (χ1) is 12.8. The number of alkyl halides is 3. The standard InChI is InChI=1S/C17H21ClF3N3O4/c1-16(2,3)28-15(27)23-4-5-24(11(8-23)9-25)14(26)13-12(18)6-10(7-22-13)17(19,20)21/h6-7,11,25H,4-5,8-9H2,1-3H3/t11-/m0/s1. The van der Waals surface area contributed by atoms with Crippen molar-refractivity contribution in [2.24, 2.45) is 0 Å². The molecule has 2 rings (SSSR count). The van der Waals surface area contributed by atoms with Crippen molar-refractivity contribution >= 4 is 23.6 Å². The summed E-state index contributed by atoms with van der Waals surface area (Å²) in [5.41, 5.74) is -2.11. The number of hydrogen-bond donors (Lipinski definition) is 1. The highest BCUT2D eigenvalue weighted by Crippen LogP contribution is 2.31. The second-order valence-electron chi connectivity index (χ2n) is 7.31. The Morgan fingerprint density at radius 3 is 2.46 bits per heavy atom. The third kappa shape index (κ3) is 5.26. The van der Waals surface area contributed by atoms with Gasteiger partial charge in [-0.05, 0) is 26.8 Å². The minimum atomic E-state index is -4.63. The van der Waals surface area contributed by atoms with Crippen LogP contribution >= 0.6 is 11.6 Å². The molecule has 1 saturated heterocycles. The van der Waals surface area contributed by atoms with Crippen LogP contribution < -0.4 is 0 Å². The van der Waals surface area contributed by atoms with E-state index in [1.165, 1.54) is 9.80 Å².